The molecule has 19 heavy (non-hydrogen) atoms. The van der Waals surface area contributed by atoms with Crippen LogP contribution >= 0.6 is 15.9 Å². The molecule has 0 saturated carbocycles. The molecule has 0 saturated heterocycles. The lowest BCUT2D eigenvalue weighted by Gasteiger charge is -2.11. The Morgan fingerprint density at radius 2 is 2.26 bits per heavy atom. The van der Waals surface area contributed by atoms with E-state index in [0.29, 0.717) is 16.0 Å². The Morgan fingerprint density at radius 3 is 2.84 bits per heavy atom. The Labute approximate surface area is 117 Å². The second-order valence-electron chi connectivity index (χ2n) is 3.85. The summed E-state index contributed by atoms with van der Waals surface area (Å²) in [4.78, 5) is 10.2. The smallest absolute Gasteiger partial charge is 0.270 e. The van der Waals surface area contributed by atoms with Gasteiger partial charge in [0.1, 0.15) is 0 Å². The summed E-state index contributed by atoms with van der Waals surface area (Å²) in [6.45, 7) is 1.92. The van der Waals surface area contributed by atoms with E-state index in [1.54, 1.807) is 13.1 Å². The molecule has 0 aliphatic heterocycles. The molecule has 0 aliphatic rings. The Hall–Kier alpha value is -1.87. The molecule has 2 aromatic rings. The zero-order valence-corrected chi connectivity index (χ0v) is 11.8. The maximum absolute atomic E-state index is 10.7. The molecule has 1 aromatic heterocycles. The molecule has 0 spiro atoms. The monoisotopic (exact) mass is 326 g/mol. The van der Waals surface area contributed by atoms with E-state index < -0.39 is 4.92 Å². The van der Waals surface area contributed by atoms with Crippen LogP contribution in [-0.2, 0) is 0 Å². The molecule has 1 atom stereocenters. The molecule has 2 rings (SSSR count). The van der Waals surface area contributed by atoms with Crippen LogP contribution in [0.5, 0.6) is 0 Å². The largest absolute Gasteiger partial charge is 0.311 e. The van der Waals surface area contributed by atoms with Gasteiger partial charge in [0, 0.05) is 12.1 Å². The molecule has 1 unspecified atom stereocenters. The summed E-state index contributed by atoms with van der Waals surface area (Å²) in [5.74, 6) is 0.622. The van der Waals surface area contributed by atoms with Gasteiger partial charge in [0.05, 0.1) is 21.1 Å². The van der Waals surface area contributed by atoms with E-state index in [1.807, 2.05) is 6.92 Å². The summed E-state index contributed by atoms with van der Waals surface area (Å²) in [5, 5.41) is 25.2. The van der Waals surface area contributed by atoms with Crippen LogP contribution in [0, 0.1) is 10.1 Å². The first-order valence-electron chi connectivity index (χ1n) is 5.44. The van der Waals surface area contributed by atoms with Gasteiger partial charge < -0.3 is 5.32 Å². The second kappa shape index (κ2) is 5.41. The molecule has 9 heteroatoms. The van der Waals surface area contributed by atoms with Gasteiger partial charge in [0.25, 0.3) is 5.69 Å². The van der Waals surface area contributed by atoms with Crippen molar-refractivity contribution in [1.29, 1.82) is 0 Å². The summed E-state index contributed by atoms with van der Waals surface area (Å²) < 4.78 is 2.09. The predicted octanol–water partition coefficient (Wildman–Crippen LogP) is 1.61. The fourth-order valence-corrected chi connectivity index (χ4v) is 2.08. The minimum absolute atomic E-state index is 0.00640. The molecule has 0 amide bonds. The van der Waals surface area contributed by atoms with Crippen molar-refractivity contribution in [3.63, 3.8) is 0 Å². The molecule has 0 aliphatic carbocycles. The number of rotatable bonds is 4. The summed E-state index contributed by atoms with van der Waals surface area (Å²) in [7, 11) is 1.80. The molecule has 0 fully saturated rings. The SMILES string of the molecule is CNC(C)c1nnnn1-c1ccc([N+](=O)[O-])cc1Br. The molecule has 0 bridgehead atoms. The first-order chi connectivity index (χ1) is 9.04. The predicted molar refractivity (Wildman–Crippen MR) is 71.0 cm³/mol. The molecule has 1 N–H and O–H groups in total. The van der Waals surface area contributed by atoms with Crippen molar-refractivity contribution in [3.05, 3.63) is 38.6 Å². The number of halogens is 1. The third-order valence-electron chi connectivity index (χ3n) is 2.68. The third kappa shape index (κ3) is 2.61. The van der Waals surface area contributed by atoms with Crippen LogP contribution in [0.1, 0.15) is 18.8 Å². The van der Waals surface area contributed by atoms with E-state index in [1.165, 1.54) is 16.8 Å². The average molecular weight is 327 g/mol. The van der Waals surface area contributed by atoms with Crippen LogP contribution in [-0.4, -0.2) is 32.2 Å². The Morgan fingerprint density at radius 1 is 1.53 bits per heavy atom. The molecule has 8 nitrogen and oxygen atoms in total. The highest BCUT2D eigenvalue weighted by atomic mass is 79.9. The number of hydrogen-bond acceptors (Lipinski definition) is 6. The lowest BCUT2D eigenvalue weighted by Crippen LogP contribution is -2.18. The quantitative estimate of drug-likeness (QED) is 0.677. The number of nitrogens with one attached hydrogen (secondary N) is 1. The zero-order valence-electron chi connectivity index (χ0n) is 10.2. The van der Waals surface area contributed by atoms with E-state index in [-0.39, 0.29) is 11.7 Å². The number of benzene rings is 1. The number of nitro groups is 1. The maximum Gasteiger partial charge on any atom is 0.270 e. The number of hydrogen-bond donors (Lipinski definition) is 1. The zero-order chi connectivity index (χ0) is 14.0. The highest BCUT2D eigenvalue weighted by molar-refractivity contribution is 9.10. The Balaban J connectivity index is 2.48. The lowest BCUT2D eigenvalue weighted by molar-refractivity contribution is -0.384. The third-order valence-corrected chi connectivity index (χ3v) is 3.32. The fourth-order valence-electron chi connectivity index (χ4n) is 1.55. The van der Waals surface area contributed by atoms with Gasteiger partial charge in [-0.2, -0.15) is 4.68 Å². The minimum atomic E-state index is -0.453. The maximum atomic E-state index is 10.7. The number of tetrazole rings is 1. The lowest BCUT2D eigenvalue weighted by atomic mass is 10.2. The molecule has 100 valence electrons. The van der Waals surface area contributed by atoms with Crippen LogP contribution < -0.4 is 5.32 Å². The van der Waals surface area contributed by atoms with E-state index in [2.05, 4.69) is 36.8 Å². The van der Waals surface area contributed by atoms with Gasteiger partial charge in [0.2, 0.25) is 0 Å². The minimum Gasteiger partial charge on any atom is -0.311 e. The molecular weight excluding hydrogens is 316 g/mol. The van der Waals surface area contributed by atoms with Gasteiger partial charge in [-0.1, -0.05) is 0 Å². The molecule has 1 aromatic carbocycles. The molecule has 1 heterocycles. The van der Waals surface area contributed by atoms with Crippen molar-refractivity contribution >= 4 is 21.6 Å². The van der Waals surface area contributed by atoms with E-state index in [9.17, 15) is 10.1 Å². The van der Waals surface area contributed by atoms with Crippen LogP contribution in [0.2, 0.25) is 0 Å². The van der Waals surface area contributed by atoms with Gasteiger partial charge in [-0.05, 0) is 46.4 Å². The van der Waals surface area contributed by atoms with Crippen LogP contribution in [0.4, 0.5) is 5.69 Å². The van der Waals surface area contributed by atoms with Gasteiger partial charge in [-0.15, -0.1) is 5.10 Å². The summed E-state index contributed by atoms with van der Waals surface area (Å²) in [5.41, 5.74) is 0.652. The number of non-ortho nitro benzene ring substituents is 1. The van der Waals surface area contributed by atoms with Gasteiger partial charge in [0.15, 0.2) is 5.82 Å². The van der Waals surface area contributed by atoms with Crippen molar-refractivity contribution in [2.75, 3.05) is 7.05 Å². The number of aromatic nitrogens is 4. The second-order valence-corrected chi connectivity index (χ2v) is 4.71. The van der Waals surface area contributed by atoms with E-state index in [4.69, 9.17) is 0 Å². The normalized spacial score (nSPS) is 12.4. The van der Waals surface area contributed by atoms with Crippen molar-refractivity contribution in [2.24, 2.45) is 0 Å². The fraction of sp³-hybridized carbons (Fsp3) is 0.300. The van der Waals surface area contributed by atoms with Crippen molar-refractivity contribution in [1.82, 2.24) is 25.5 Å². The standard InChI is InChI=1S/C10H11BrN6O2/c1-6(12-2)10-13-14-15-16(10)9-4-3-7(17(18)19)5-8(9)11/h3-6,12H,1-2H3. The summed E-state index contributed by atoms with van der Waals surface area (Å²) >= 11 is 3.30. The first-order valence-corrected chi connectivity index (χ1v) is 6.23. The average Bonchev–Trinajstić information content (AvgIpc) is 2.86. The Bertz CT molecular complexity index is 614. The number of nitrogens with zero attached hydrogens (tertiary/aromatic N) is 5. The highest BCUT2D eigenvalue weighted by Gasteiger charge is 2.17. The van der Waals surface area contributed by atoms with Crippen LogP contribution in [0.25, 0.3) is 5.69 Å². The van der Waals surface area contributed by atoms with Crippen LogP contribution in [0.15, 0.2) is 22.7 Å². The van der Waals surface area contributed by atoms with E-state index >= 15 is 0 Å². The van der Waals surface area contributed by atoms with E-state index in [0.717, 1.165) is 0 Å². The van der Waals surface area contributed by atoms with Crippen LogP contribution in [0.3, 0.4) is 0 Å². The highest BCUT2D eigenvalue weighted by Crippen LogP contribution is 2.26. The molecular formula is C10H11BrN6O2. The first kappa shape index (κ1) is 13.6. The summed E-state index contributed by atoms with van der Waals surface area (Å²) in [6.07, 6.45) is 0. The van der Waals surface area contributed by atoms with Crippen molar-refractivity contribution in [3.8, 4) is 5.69 Å². The topological polar surface area (TPSA) is 98.8 Å². The van der Waals surface area contributed by atoms with Crippen molar-refractivity contribution in [2.45, 2.75) is 13.0 Å². The summed E-state index contributed by atoms with van der Waals surface area (Å²) in [6, 6.07) is 4.39. The Kier molecular flexibility index (Phi) is 3.86. The van der Waals surface area contributed by atoms with Gasteiger partial charge >= 0.3 is 0 Å². The molecule has 0 radical (unpaired) electrons. The van der Waals surface area contributed by atoms with Gasteiger partial charge in [-0.3, -0.25) is 10.1 Å². The van der Waals surface area contributed by atoms with Gasteiger partial charge in [-0.25, -0.2) is 0 Å². The number of nitro benzene ring substituents is 1. The van der Waals surface area contributed by atoms with Crippen molar-refractivity contribution < 1.29 is 4.92 Å².